The number of aliphatic hydroxyl groups excluding tert-OH is 1. The zero-order valence-corrected chi connectivity index (χ0v) is 27.5. The van der Waals surface area contributed by atoms with E-state index >= 15 is 0 Å². The molecule has 0 spiro atoms. The molecule has 4 atom stereocenters. The molecule has 3 N–H and O–H groups in total. The van der Waals surface area contributed by atoms with Crippen molar-refractivity contribution < 1.29 is 45.8 Å². The smallest absolute Gasteiger partial charge is 0.416 e. The number of hydrogen-bond acceptors (Lipinski definition) is 7. The molecular formula is C31H43F3N4O7S. The van der Waals surface area contributed by atoms with E-state index in [1.54, 1.807) is 19.1 Å². The van der Waals surface area contributed by atoms with Crippen molar-refractivity contribution in [1.29, 1.82) is 0 Å². The van der Waals surface area contributed by atoms with Crippen LogP contribution in [-0.2, 0) is 20.9 Å². The maximum Gasteiger partial charge on any atom is 0.416 e. The highest BCUT2D eigenvalue weighted by Crippen LogP contribution is 2.31. The van der Waals surface area contributed by atoms with Gasteiger partial charge in [0.2, 0.25) is 10.0 Å². The first-order chi connectivity index (χ1) is 21.5. The van der Waals surface area contributed by atoms with Crippen molar-refractivity contribution in [2.75, 3.05) is 50.2 Å². The standard InChI is InChI=1S/C31H43F3N4O7S/c1-20-17-38(21(2)19-39)29(40)26-16-25(36-30(41)35-24-11-9-23(10-12-24)31(32,33)34)13-14-27(26)45-22(3)8-6-7-15-44-28(20)18-37(4)46(5,42)43/h9-14,16,20-22,28,39H,6-8,15,17-19H2,1-5H3,(H2,35,36,41)/t20-,21-,22-,28+/m1/s1. The van der Waals surface area contributed by atoms with Gasteiger partial charge in [-0.05, 0) is 75.6 Å². The van der Waals surface area contributed by atoms with Gasteiger partial charge in [0.15, 0.2) is 0 Å². The molecule has 0 saturated heterocycles. The van der Waals surface area contributed by atoms with Crippen LogP contribution in [0.15, 0.2) is 42.5 Å². The molecule has 2 aromatic carbocycles. The summed E-state index contributed by atoms with van der Waals surface area (Å²) in [6, 6.07) is 7.12. The summed E-state index contributed by atoms with van der Waals surface area (Å²) in [7, 11) is -2.02. The fraction of sp³-hybridized carbons (Fsp3) is 0.548. The summed E-state index contributed by atoms with van der Waals surface area (Å²) in [6.07, 6.45) is -2.12. The molecule has 0 bridgehead atoms. The van der Waals surface area contributed by atoms with E-state index < -0.39 is 45.8 Å². The highest BCUT2D eigenvalue weighted by Gasteiger charge is 2.32. The lowest BCUT2D eigenvalue weighted by molar-refractivity contribution is -0.137. The molecule has 0 aromatic heterocycles. The van der Waals surface area contributed by atoms with Crippen molar-refractivity contribution in [3.63, 3.8) is 0 Å². The van der Waals surface area contributed by atoms with E-state index in [1.807, 2.05) is 13.8 Å². The van der Waals surface area contributed by atoms with Gasteiger partial charge in [0, 0.05) is 44.0 Å². The molecule has 1 aliphatic heterocycles. The molecule has 3 rings (SSSR count). The maximum absolute atomic E-state index is 14.2. The molecule has 0 saturated carbocycles. The molecule has 0 fully saturated rings. The van der Waals surface area contributed by atoms with E-state index in [1.165, 1.54) is 22.3 Å². The van der Waals surface area contributed by atoms with Gasteiger partial charge in [-0.25, -0.2) is 17.5 Å². The second kappa shape index (κ2) is 15.9. The van der Waals surface area contributed by atoms with Crippen LogP contribution in [0.1, 0.15) is 56.0 Å². The Bertz CT molecular complexity index is 1440. The predicted molar refractivity (Wildman–Crippen MR) is 168 cm³/mol. The first-order valence-electron chi connectivity index (χ1n) is 15.0. The van der Waals surface area contributed by atoms with Crippen molar-refractivity contribution >= 4 is 33.3 Å². The van der Waals surface area contributed by atoms with Gasteiger partial charge in [0.1, 0.15) is 5.75 Å². The van der Waals surface area contributed by atoms with Crippen LogP contribution in [0.3, 0.4) is 0 Å². The van der Waals surface area contributed by atoms with Crippen molar-refractivity contribution in [3.8, 4) is 5.75 Å². The summed E-state index contributed by atoms with van der Waals surface area (Å²) in [5.74, 6) is -0.561. The number of halogens is 3. The number of likely N-dealkylation sites (N-methyl/N-ethyl adjacent to an activating group) is 1. The average molecular weight is 673 g/mol. The number of ether oxygens (including phenoxy) is 2. The van der Waals surface area contributed by atoms with Crippen LogP contribution in [-0.4, -0.2) is 92.5 Å². The van der Waals surface area contributed by atoms with Crippen LogP contribution in [0.5, 0.6) is 5.75 Å². The lowest BCUT2D eigenvalue weighted by atomic mass is 10.0. The van der Waals surface area contributed by atoms with Crippen LogP contribution >= 0.6 is 0 Å². The second-order valence-electron chi connectivity index (χ2n) is 11.7. The number of nitrogens with one attached hydrogen (secondary N) is 2. The summed E-state index contributed by atoms with van der Waals surface area (Å²) in [4.78, 5) is 28.4. The van der Waals surface area contributed by atoms with Crippen molar-refractivity contribution in [2.24, 2.45) is 5.92 Å². The van der Waals surface area contributed by atoms with E-state index in [0.717, 1.165) is 36.9 Å². The number of sulfonamides is 1. The van der Waals surface area contributed by atoms with Crippen LogP contribution in [0.4, 0.5) is 29.3 Å². The lowest BCUT2D eigenvalue weighted by Crippen LogP contribution is -2.47. The number of urea groups is 1. The minimum atomic E-state index is -4.51. The number of nitrogens with zero attached hydrogens (tertiary/aromatic N) is 2. The molecule has 15 heteroatoms. The van der Waals surface area contributed by atoms with E-state index in [9.17, 15) is 36.3 Å². The quantitative estimate of drug-likeness (QED) is 0.375. The Labute approximate surface area is 268 Å². The average Bonchev–Trinajstić information content (AvgIpc) is 2.97. The van der Waals surface area contributed by atoms with Gasteiger partial charge in [-0.15, -0.1) is 0 Å². The Balaban J connectivity index is 1.92. The van der Waals surface area contributed by atoms with Crippen molar-refractivity contribution in [3.05, 3.63) is 53.6 Å². The first-order valence-corrected chi connectivity index (χ1v) is 16.8. The topological polar surface area (TPSA) is 138 Å². The van der Waals surface area contributed by atoms with Gasteiger partial charge < -0.3 is 30.1 Å². The number of anilines is 2. The number of rotatable bonds is 7. The lowest BCUT2D eigenvalue weighted by Gasteiger charge is -2.35. The van der Waals surface area contributed by atoms with E-state index in [0.29, 0.717) is 19.4 Å². The zero-order valence-electron chi connectivity index (χ0n) is 26.6. The third kappa shape index (κ3) is 10.6. The molecule has 256 valence electrons. The molecule has 0 radical (unpaired) electrons. The van der Waals surface area contributed by atoms with E-state index in [2.05, 4.69) is 10.6 Å². The zero-order chi connectivity index (χ0) is 34.2. The Hall–Kier alpha value is -3.40. The number of carbonyl (C=O) groups excluding carboxylic acids is 2. The molecule has 2 aromatic rings. The molecule has 3 amide bonds. The van der Waals surface area contributed by atoms with Gasteiger partial charge in [-0.1, -0.05) is 6.92 Å². The number of carbonyl (C=O) groups is 2. The van der Waals surface area contributed by atoms with Crippen LogP contribution in [0.25, 0.3) is 0 Å². The fourth-order valence-corrected chi connectivity index (χ4v) is 5.31. The highest BCUT2D eigenvalue weighted by molar-refractivity contribution is 7.88. The Kier molecular flexibility index (Phi) is 12.8. The number of benzene rings is 2. The third-order valence-electron chi connectivity index (χ3n) is 7.78. The number of amides is 3. The van der Waals surface area contributed by atoms with Crippen LogP contribution < -0.4 is 15.4 Å². The monoisotopic (exact) mass is 672 g/mol. The normalized spacial score (nSPS) is 21.1. The number of fused-ring (bicyclic) bond motifs is 1. The summed E-state index contributed by atoms with van der Waals surface area (Å²) < 4.78 is 76.5. The highest BCUT2D eigenvalue weighted by atomic mass is 32.2. The summed E-state index contributed by atoms with van der Waals surface area (Å²) >= 11 is 0. The first kappa shape index (κ1) is 37.1. The van der Waals surface area contributed by atoms with E-state index in [-0.39, 0.29) is 54.4 Å². The Morgan fingerprint density at radius 2 is 1.74 bits per heavy atom. The van der Waals surface area contributed by atoms with Crippen molar-refractivity contribution in [1.82, 2.24) is 9.21 Å². The number of aliphatic hydroxyl groups is 1. The molecule has 1 heterocycles. The molecular weight excluding hydrogens is 629 g/mol. The molecule has 0 aliphatic carbocycles. The van der Waals surface area contributed by atoms with Gasteiger partial charge in [-0.3, -0.25) is 4.79 Å². The van der Waals surface area contributed by atoms with Crippen LogP contribution in [0, 0.1) is 5.92 Å². The van der Waals surface area contributed by atoms with Gasteiger partial charge >= 0.3 is 12.2 Å². The largest absolute Gasteiger partial charge is 0.490 e. The molecule has 1 aliphatic rings. The SMILES string of the molecule is C[C@@H]1CCCCO[C@@H](CN(C)S(C)(=O)=O)[C@H](C)CN([C@H](C)CO)C(=O)c2cc(NC(=O)Nc3ccc(C(F)(F)F)cc3)ccc2O1. The van der Waals surface area contributed by atoms with Crippen molar-refractivity contribution in [2.45, 2.75) is 64.5 Å². The summed E-state index contributed by atoms with van der Waals surface area (Å²) in [5.41, 5.74) is -0.384. The fourth-order valence-electron chi connectivity index (χ4n) is 4.89. The minimum Gasteiger partial charge on any atom is -0.490 e. The Morgan fingerprint density at radius 1 is 1.11 bits per heavy atom. The van der Waals surface area contributed by atoms with Gasteiger partial charge in [0.25, 0.3) is 5.91 Å². The second-order valence-corrected chi connectivity index (χ2v) is 13.8. The molecule has 0 unspecified atom stereocenters. The van der Waals surface area contributed by atoms with E-state index in [4.69, 9.17) is 9.47 Å². The maximum atomic E-state index is 14.2. The van der Waals surface area contributed by atoms with Crippen LogP contribution in [0.2, 0.25) is 0 Å². The third-order valence-corrected chi connectivity index (χ3v) is 9.06. The number of hydrogen-bond donors (Lipinski definition) is 3. The number of alkyl halides is 3. The van der Waals surface area contributed by atoms with Gasteiger partial charge in [-0.2, -0.15) is 13.2 Å². The molecule has 46 heavy (non-hydrogen) atoms. The predicted octanol–water partition coefficient (Wildman–Crippen LogP) is 5.04. The van der Waals surface area contributed by atoms with Gasteiger partial charge in [0.05, 0.1) is 42.2 Å². The molecule has 11 nitrogen and oxygen atoms in total. The Morgan fingerprint density at radius 3 is 2.35 bits per heavy atom. The summed E-state index contributed by atoms with van der Waals surface area (Å²) in [6.45, 7) is 5.62. The summed E-state index contributed by atoms with van der Waals surface area (Å²) in [5, 5.41) is 15.1. The minimum absolute atomic E-state index is 0.0771.